The van der Waals surface area contributed by atoms with Crippen molar-refractivity contribution in [3.8, 4) is 22.9 Å². The molecule has 0 bridgehead atoms. The van der Waals surface area contributed by atoms with Crippen molar-refractivity contribution in [2.75, 3.05) is 6.61 Å². The fraction of sp³-hybridized carbons (Fsp3) is 0.167. The molecule has 1 N–H and O–H groups in total. The van der Waals surface area contributed by atoms with Gasteiger partial charge in [0.25, 0.3) is 5.91 Å². The first kappa shape index (κ1) is 16.4. The largest absolute Gasteiger partial charge is 0.485 e. The van der Waals surface area contributed by atoms with E-state index in [1.807, 2.05) is 12.1 Å². The van der Waals surface area contributed by atoms with Crippen molar-refractivity contribution in [2.24, 2.45) is 0 Å². The Bertz CT molecular complexity index is 926. The molecule has 0 fully saturated rings. The molecule has 132 valence electrons. The molecule has 7 nitrogen and oxygen atoms in total. The van der Waals surface area contributed by atoms with Crippen molar-refractivity contribution >= 4 is 17.5 Å². The van der Waals surface area contributed by atoms with Crippen molar-refractivity contribution in [3.05, 3.63) is 59.4 Å². The summed E-state index contributed by atoms with van der Waals surface area (Å²) >= 11 is 5.86. The fourth-order valence-electron chi connectivity index (χ4n) is 2.47. The summed E-state index contributed by atoms with van der Waals surface area (Å²) in [4.78, 5) is 16.5. The number of carbonyl (C=O) groups is 1. The van der Waals surface area contributed by atoms with Crippen LogP contribution in [0.4, 0.5) is 0 Å². The van der Waals surface area contributed by atoms with E-state index in [0.29, 0.717) is 28.2 Å². The van der Waals surface area contributed by atoms with Crippen LogP contribution in [0.2, 0.25) is 5.02 Å². The van der Waals surface area contributed by atoms with Crippen LogP contribution in [0.5, 0.6) is 11.5 Å². The zero-order valence-corrected chi connectivity index (χ0v) is 14.3. The zero-order chi connectivity index (χ0) is 17.9. The minimum atomic E-state index is -0.733. The van der Waals surface area contributed by atoms with E-state index in [2.05, 4.69) is 15.5 Å². The number of aromatic nitrogens is 2. The Balaban J connectivity index is 1.36. The maximum absolute atomic E-state index is 12.3. The van der Waals surface area contributed by atoms with Crippen LogP contribution in [0.15, 0.2) is 53.1 Å². The van der Waals surface area contributed by atoms with Crippen LogP contribution in [-0.4, -0.2) is 28.8 Å². The predicted octanol–water partition coefficient (Wildman–Crippen LogP) is 2.85. The minimum Gasteiger partial charge on any atom is -0.485 e. The maximum atomic E-state index is 12.3. The zero-order valence-electron chi connectivity index (χ0n) is 13.5. The second kappa shape index (κ2) is 7.05. The summed E-state index contributed by atoms with van der Waals surface area (Å²) < 4.78 is 16.3. The third-order valence-electron chi connectivity index (χ3n) is 3.79. The highest BCUT2D eigenvalue weighted by Gasteiger charge is 2.27. The van der Waals surface area contributed by atoms with Crippen molar-refractivity contribution in [1.82, 2.24) is 15.5 Å². The first-order valence-corrected chi connectivity index (χ1v) is 8.31. The predicted molar refractivity (Wildman–Crippen MR) is 92.9 cm³/mol. The van der Waals surface area contributed by atoms with E-state index >= 15 is 0 Å². The number of amides is 1. The smallest absolute Gasteiger partial charge is 0.265 e. The Hall–Kier alpha value is -3.06. The maximum Gasteiger partial charge on any atom is 0.265 e. The van der Waals surface area contributed by atoms with Crippen molar-refractivity contribution < 1.29 is 18.8 Å². The standard InChI is InChI=1S/C18H14ClN3O4/c19-12-7-5-11(6-8-12)17-21-16(26-22-17)9-20-18(23)15-10-24-13-3-1-2-4-14(13)25-15/h1-8,15H,9-10H2,(H,20,23)/t15-/m0/s1. The number of hydrogen-bond donors (Lipinski definition) is 1. The second-order valence-corrected chi connectivity index (χ2v) is 6.04. The van der Waals surface area contributed by atoms with Gasteiger partial charge in [-0.05, 0) is 36.4 Å². The van der Waals surface area contributed by atoms with E-state index in [4.69, 9.17) is 25.6 Å². The van der Waals surface area contributed by atoms with Crippen molar-refractivity contribution in [1.29, 1.82) is 0 Å². The van der Waals surface area contributed by atoms with Crippen LogP contribution in [0.25, 0.3) is 11.4 Å². The number of nitrogens with one attached hydrogen (secondary N) is 1. The molecule has 8 heteroatoms. The summed E-state index contributed by atoms with van der Waals surface area (Å²) in [6, 6.07) is 14.3. The summed E-state index contributed by atoms with van der Waals surface area (Å²) in [6.45, 7) is 0.240. The molecule has 1 atom stereocenters. The first-order valence-electron chi connectivity index (χ1n) is 7.94. The van der Waals surface area contributed by atoms with E-state index in [1.54, 1.807) is 36.4 Å². The summed E-state index contributed by atoms with van der Waals surface area (Å²) in [5, 5.41) is 7.24. The number of para-hydroxylation sites is 2. The molecule has 2 heterocycles. The highest BCUT2D eigenvalue weighted by atomic mass is 35.5. The van der Waals surface area contributed by atoms with Gasteiger partial charge in [0.05, 0.1) is 6.54 Å². The topological polar surface area (TPSA) is 86.5 Å². The quantitative estimate of drug-likeness (QED) is 0.759. The molecule has 0 unspecified atom stereocenters. The molecule has 3 aromatic rings. The number of fused-ring (bicyclic) bond motifs is 1. The van der Waals surface area contributed by atoms with Gasteiger partial charge in [0, 0.05) is 10.6 Å². The first-order chi connectivity index (χ1) is 12.7. The summed E-state index contributed by atoms with van der Waals surface area (Å²) in [5.41, 5.74) is 0.774. The summed E-state index contributed by atoms with van der Waals surface area (Å²) in [7, 11) is 0. The molecule has 0 radical (unpaired) electrons. The van der Waals surface area contributed by atoms with Gasteiger partial charge in [0.1, 0.15) is 6.61 Å². The number of hydrogen-bond acceptors (Lipinski definition) is 6. The molecule has 4 rings (SSSR count). The van der Waals surface area contributed by atoms with Crippen LogP contribution in [-0.2, 0) is 11.3 Å². The number of ether oxygens (including phenoxy) is 2. The van der Waals surface area contributed by atoms with E-state index in [1.165, 1.54) is 0 Å². The molecule has 0 spiro atoms. The lowest BCUT2D eigenvalue weighted by atomic mass is 10.2. The molecule has 1 aromatic heterocycles. The normalized spacial score (nSPS) is 15.5. The Labute approximate surface area is 153 Å². The van der Waals surface area contributed by atoms with Gasteiger partial charge in [-0.2, -0.15) is 4.98 Å². The monoisotopic (exact) mass is 371 g/mol. The number of carbonyl (C=O) groups excluding carboxylic acids is 1. The number of rotatable bonds is 4. The van der Waals surface area contributed by atoms with Crippen LogP contribution >= 0.6 is 11.6 Å². The molecule has 1 aliphatic rings. The number of benzene rings is 2. The Morgan fingerprint density at radius 3 is 2.73 bits per heavy atom. The number of halogens is 1. The van der Waals surface area contributed by atoms with Crippen molar-refractivity contribution in [2.45, 2.75) is 12.6 Å². The SMILES string of the molecule is O=C(NCc1nc(-c2ccc(Cl)cc2)no1)[C@@H]1COc2ccccc2O1. The van der Waals surface area contributed by atoms with Crippen LogP contribution in [0.3, 0.4) is 0 Å². The van der Waals surface area contributed by atoms with Crippen LogP contribution in [0.1, 0.15) is 5.89 Å². The van der Waals surface area contributed by atoms with Crippen LogP contribution in [0, 0.1) is 0 Å². The van der Waals surface area contributed by atoms with E-state index in [-0.39, 0.29) is 19.1 Å². The van der Waals surface area contributed by atoms with Gasteiger partial charge in [-0.25, -0.2) is 0 Å². The molecule has 2 aromatic carbocycles. The summed E-state index contributed by atoms with van der Waals surface area (Å²) in [6.07, 6.45) is -0.733. The number of nitrogens with zero attached hydrogens (tertiary/aromatic N) is 2. The Morgan fingerprint density at radius 1 is 1.15 bits per heavy atom. The van der Waals surface area contributed by atoms with E-state index < -0.39 is 6.10 Å². The second-order valence-electron chi connectivity index (χ2n) is 5.60. The molecular formula is C18H14ClN3O4. The van der Waals surface area contributed by atoms with Gasteiger partial charge < -0.3 is 19.3 Å². The highest BCUT2D eigenvalue weighted by molar-refractivity contribution is 6.30. The molecule has 1 amide bonds. The molecule has 0 saturated heterocycles. The van der Waals surface area contributed by atoms with Crippen molar-refractivity contribution in [3.63, 3.8) is 0 Å². The van der Waals surface area contributed by atoms with Gasteiger partial charge in [0.2, 0.25) is 17.8 Å². The lowest BCUT2D eigenvalue weighted by molar-refractivity contribution is -0.130. The lowest BCUT2D eigenvalue weighted by Crippen LogP contribution is -2.43. The van der Waals surface area contributed by atoms with E-state index in [9.17, 15) is 4.79 Å². The highest BCUT2D eigenvalue weighted by Crippen LogP contribution is 2.30. The fourth-order valence-corrected chi connectivity index (χ4v) is 2.59. The average Bonchev–Trinajstić information content (AvgIpc) is 3.15. The lowest BCUT2D eigenvalue weighted by Gasteiger charge is -2.25. The third kappa shape index (κ3) is 3.48. The molecule has 0 saturated carbocycles. The van der Waals surface area contributed by atoms with Crippen LogP contribution < -0.4 is 14.8 Å². The van der Waals surface area contributed by atoms with Gasteiger partial charge in [-0.1, -0.05) is 28.9 Å². The molecule has 0 aliphatic carbocycles. The van der Waals surface area contributed by atoms with Gasteiger partial charge in [-0.3, -0.25) is 4.79 Å². The molecular weight excluding hydrogens is 358 g/mol. The van der Waals surface area contributed by atoms with Gasteiger partial charge in [0.15, 0.2) is 11.5 Å². The average molecular weight is 372 g/mol. The minimum absolute atomic E-state index is 0.0981. The van der Waals surface area contributed by atoms with E-state index in [0.717, 1.165) is 5.56 Å². The summed E-state index contributed by atoms with van der Waals surface area (Å²) in [5.74, 6) is 1.58. The van der Waals surface area contributed by atoms with Gasteiger partial charge >= 0.3 is 0 Å². The third-order valence-corrected chi connectivity index (χ3v) is 4.04. The Kier molecular flexibility index (Phi) is 4.45. The molecule has 26 heavy (non-hydrogen) atoms. The Morgan fingerprint density at radius 2 is 1.92 bits per heavy atom. The van der Waals surface area contributed by atoms with Gasteiger partial charge in [-0.15, -0.1) is 0 Å². The molecule has 1 aliphatic heterocycles.